The van der Waals surface area contributed by atoms with E-state index in [1.165, 1.54) is 5.56 Å². The molecule has 1 aromatic heterocycles. The predicted octanol–water partition coefficient (Wildman–Crippen LogP) is 3.20. The zero-order valence-corrected chi connectivity index (χ0v) is 13.8. The smallest absolute Gasteiger partial charge is 0.277 e. The van der Waals surface area contributed by atoms with Gasteiger partial charge in [-0.2, -0.15) is 0 Å². The molecule has 1 aliphatic rings. The van der Waals surface area contributed by atoms with Gasteiger partial charge in [-0.1, -0.05) is 25.1 Å². The Kier molecular flexibility index (Phi) is 4.28. The number of aromatic nitrogens is 2. The molecule has 120 valence electrons. The molecular formula is C18H22N4O. The van der Waals surface area contributed by atoms with Gasteiger partial charge in [0, 0.05) is 24.3 Å². The van der Waals surface area contributed by atoms with Crippen LogP contribution in [0.25, 0.3) is 0 Å². The number of benzene rings is 1. The van der Waals surface area contributed by atoms with Crippen LogP contribution in [0.5, 0.6) is 0 Å². The molecule has 0 radical (unpaired) electrons. The number of nitrogens with zero attached hydrogens (tertiary/aromatic N) is 3. The first-order valence-corrected chi connectivity index (χ1v) is 8.10. The molecule has 5 heteroatoms. The van der Waals surface area contributed by atoms with E-state index in [4.69, 9.17) is 0 Å². The van der Waals surface area contributed by atoms with Gasteiger partial charge in [0.15, 0.2) is 0 Å². The van der Waals surface area contributed by atoms with Crippen LogP contribution < -0.4 is 10.2 Å². The van der Waals surface area contributed by atoms with Crippen molar-refractivity contribution in [3.8, 4) is 0 Å². The minimum Gasteiger partial charge on any atom is -0.368 e. The fraction of sp³-hybridized carbons (Fsp3) is 0.389. The SMILES string of the molecule is CCC(C)Nc1cc(C(=O)N2CCc3ccccc32)nc(C)n1. The van der Waals surface area contributed by atoms with Crippen LogP contribution in [-0.2, 0) is 6.42 Å². The second-order valence-electron chi connectivity index (χ2n) is 5.97. The maximum absolute atomic E-state index is 12.9. The third-order valence-electron chi connectivity index (χ3n) is 4.20. The third kappa shape index (κ3) is 3.18. The van der Waals surface area contributed by atoms with Crippen molar-refractivity contribution in [1.82, 2.24) is 9.97 Å². The molecule has 0 fully saturated rings. The number of carbonyl (C=O) groups is 1. The van der Waals surface area contributed by atoms with E-state index < -0.39 is 0 Å². The van der Waals surface area contributed by atoms with Gasteiger partial charge in [-0.05, 0) is 38.3 Å². The van der Waals surface area contributed by atoms with Gasteiger partial charge in [-0.25, -0.2) is 9.97 Å². The first-order valence-electron chi connectivity index (χ1n) is 8.10. The fourth-order valence-corrected chi connectivity index (χ4v) is 2.79. The zero-order chi connectivity index (χ0) is 16.4. The number of hydrogen-bond donors (Lipinski definition) is 1. The summed E-state index contributed by atoms with van der Waals surface area (Å²) >= 11 is 0. The highest BCUT2D eigenvalue weighted by Gasteiger charge is 2.26. The van der Waals surface area contributed by atoms with Gasteiger partial charge in [0.1, 0.15) is 17.3 Å². The van der Waals surface area contributed by atoms with E-state index >= 15 is 0 Å². The molecule has 0 bridgehead atoms. The van der Waals surface area contributed by atoms with Crippen LogP contribution in [0.1, 0.15) is 42.1 Å². The average molecular weight is 310 g/mol. The zero-order valence-electron chi connectivity index (χ0n) is 13.8. The minimum absolute atomic E-state index is 0.0624. The summed E-state index contributed by atoms with van der Waals surface area (Å²) in [6.07, 6.45) is 1.88. The second kappa shape index (κ2) is 6.36. The Morgan fingerprint density at radius 3 is 2.91 bits per heavy atom. The highest BCUT2D eigenvalue weighted by atomic mass is 16.2. The van der Waals surface area contributed by atoms with Gasteiger partial charge in [-0.3, -0.25) is 4.79 Å². The molecule has 0 saturated heterocycles. The molecule has 1 N–H and O–H groups in total. The number of aryl methyl sites for hydroxylation is 1. The highest BCUT2D eigenvalue weighted by molar-refractivity contribution is 6.06. The number of amides is 1. The van der Waals surface area contributed by atoms with Gasteiger partial charge < -0.3 is 10.2 Å². The molecule has 2 aromatic rings. The lowest BCUT2D eigenvalue weighted by Crippen LogP contribution is -2.30. The van der Waals surface area contributed by atoms with Crippen molar-refractivity contribution < 1.29 is 4.79 Å². The molecule has 0 spiro atoms. The van der Waals surface area contributed by atoms with E-state index in [9.17, 15) is 4.79 Å². The molecule has 5 nitrogen and oxygen atoms in total. The van der Waals surface area contributed by atoms with E-state index in [0.717, 1.165) is 18.5 Å². The number of anilines is 2. The van der Waals surface area contributed by atoms with Gasteiger partial charge in [0.2, 0.25) is 0 Å². The van der Waals surface area contributed by atoms with Crippen molar-refractivity contribution >= 4 is 17.4 Å². The third-order valence-corrected chi connectivity index (χ3v) is 4.20. The van der Waals surface area contributed by atoms with Gasteiger partial charge in [0.25, 0.3) is 5.91 Å². The Balaban J connectivity index is 1.88. The molecule has 0 saturated carbocycles. The van der Waals surface area contributed by atoms with Crippen LogP contribution in [0.3, 0.4) is 0 Å². The summed E-state index contributed by atoms with van der Waals surface area (Å²) in [5.74, 6) is 1.25. The fourth-order valence-electron chi connectivity index (χ4n) is 2.79. The molecular weight excluding hydrogens is 288 g/mol. The highest BCUT2D eigenvalue weighted by Crippen LogP contribution is 2.28. The topological polar surface area (TPSA) is 58.1 Å². The average Bonchev–Trinajstić information content (AvgIpc) is 2.97. The number of para-hydroxylation sites is 1. The maximum atomic E-state index is 12.9. The molecule has 23 heavy (non-hydrogen) atoms. The Bertz CT molecular complexity index is 729. The summed E-state index contributed by atoms with van der Waals surface area (Å²) in [6, 6.07) is 10.1. The molecule has 1 atom stereocenters. The van der Waals surface area contributed by atoms with Crippen molar-refractivity contribution in [3.05, 3.63) is 47.4 Å². The van der Waals surface area contributed by atoms with E-state index in [-0.39, 0.29) is 5.91 Å². The van der Waals surface area contributed by atoms with Crippen molar-refractivity contribution in [2.45, 2.75) is 39.7 Å². The van der Waals surface area contributed by atoms with Crippen LogP contribution in [-0.4, -0.2) is 28.5 Å². The quantitative estimate of drug-likeness (QED) is 0.942. The summed E-state index contributed by atoms with van der Waals surface area (Å²) in [5, 5.41) is 3.32. The Morgan fingerprint density at radius 1 is 1.35 bits per heavy atom. The molecule has 1 aliphatic heterocycles. The van der Waals surface area contributed by atoms with Gasteiger partial charge in [-0.15, -0.1) is 0 Å². The van der Waals surface area contributed by atoms with Crippen molar-refractivity contribution in [3.63, 3.8) is 0 Å². The van der Waals surface area contributed by atoms with E-state index in [1.807, 2.05) is 30.0 Å². The van der Waals surface area contributed by atoms with Crippen LogP contribution in [0, 0.1) is 6.92 Å². The summed E-state index contributed by atoms with van der Waals surface area (Å²) in [7, 11) is 0. The summed E-state index contributed by atoms with van der Waals surface area (Å²) < 4.78 is 0. The van der Waals surface area contributed by atoms with E-state index in [0.29, 0.717) is 29.9 Å². The Morgan fingerprint density at radius 2 is 2.13 bits per heavy atom. The van der Waals surface area contributed by atoms with Gasteiger partial charge >= 0.3 is 0 Å². The molecule has 1 unspecified atom stereocenters. The van der Waals surface area contributed by atoms with Crippen LogP contribution >= 0.6 is 0 Å². The normalized spacial score (nSPS) is 14.5. The largest absolute Gasteiger partial charge is 0.368 e. The number of fused-ring (bicyclic) bond motifs is 1. The number of nitrogens with one attached hydrogen (secondary N) is 1. The van der Waals surface area contributed by atoms with Gasteiger partial charge in [0.05, 0.1) is 0 Å². The number of hydrogen-bond acceptors (Lipinski definition) is 4. The van der Waals surface area contributed by atoms with Crippen LogP contribution in [0.15, 0.2) is 30.3 Å². The second-order valence-corrected chi connectivity index (χ2v) is 5.97. The lowest BCUT2D eigenvalue weighted by atomic mass is 10.2. The van der Waals surface area contributed by atoms with Crippen molar-refractivity contribution in [2.75, 3.05) is 16.8 Å². The first kappa shape index (κ1) is 15.5. The molecule has 2 heterocycles. The molecule has 1 amide bonds. The minimum atomic E-state index is -0.0624. The monoisotopic (exact) mass is 310 g/mol. The number of carbonyl (C=O) groups excluding carboxylic acids is 1. The Labute approximate surface area is 136 Å². The van der Waals surface area contributed by atoms with E-state index in [2.05, 4.69) is 35.2 Å². The molecule has 1 aromatic carbocycles. The Hall–Kier alpha value is -2.43. The van der Waals surface area contributed by atoms with Crippen molar-refractivity contribution in [1.29, 1.82) is 0 Å². The van der Waals surface area contributed by atoms with Crippen LogP contribution in [0.2, 0.25) is 0 Å². The van der Waals surface area contributed by atoms with Crippen LogP contribution in [0.4, 0.5) is 11.5 Å². The predicted molar refractivity (Wildman–Crippen MR) is 92.0 cm³/mol. The molecule has 0 aliphatic carbocycles. The first-order chi connectivity index (χ1) is 11.1. The summed E-state index contributed by atoms with van der Waals surface area (Å²) in [4.78, 5) is 23.4. The lowest BCUT2D eigenvalue weighted by Gasteiger charge is -2.18. The standard InChI is InChI=1S/C18H22N4O/c1-4-12(2)19-17-11-15(20-13(3)21-17)18(23)22-10-9-14-7-5-6-8-16(14)22/h5-8,11-12H,4,9-10H2,1-3H3,(H,19,20,21). The van der Waals surface area contributed by atoms with E-state index in [1.54, 1.807) is 6.07 Å². The van der Waals surface area contributed by atoms with Crippen molar-refractivity contribution in [2.24, 2.45) is 0 Å². The maximum Gasteiger partial charge on any atom is 0.277 e. The summed E-state index contributed by atoms with van der Waals surface area (Å²) in [5.41, 5.74) is 2.65. The number of rotatable bonds is 4. The summed E-state index contributed by atoms with van der Waals surface area (Å²) in [6.45, 7) is 6.72. The molecule has 3 rings (SSSR count). The lowest BCUT2D eigenvalue weighted by molar-refractivity contribution is 0.0984.